The number of hydrogen-bond acceptors (Lipinski definition) is 2. The van der Waals surface area contributed by atoms with Crippen LogP contribution < -0.4 is 0 Å². The Kier molecular flexibility index (Phi) is 5.07. The Labute approximate surface area is 140 Å². The highest BCUT2D eigenvalue weighted by Crippen LogP contribution is 2.34. The van der Waals surface area contributed by atoms with Crippen LogP contribution in [-0.4, -0.2) is 5.78 Å². The van der Waals surface area contributed by atoms with E-state index in [9.17, 15) is 4.79 Å². The average Bonchev–Trinajstić information content (AvgIpc) is 2.63. The van der Waals surface area contributed by atoms with Gasteiger partial charge in [0.2, 0.25) is 0 Å². The topological polar surface area (TPSA) is 17.1 Å². The molecule has 0 unspecified atom stereocenters. The van der Waals surface area contributed by atoms with Crippen molar-refractivity contribution in [3.63, 3.8) is 0 Å². The SMILES string of the molecule is O=C(/C=C(/Sc1ccccc1)c1ccccc1)c1ccccc1. The van der Waals surface area contributed by atoms with Gasteiger partial charge in [0, 0.05) is 21.4 Å². The Morgan fingerprint density at radius 2 is 1.13 bits per heavy atom. The van der Waals surface area contributed by atoms with Crippen molar-refractivity contribution in [2.75, 3.05) is 0 Å². The lowest BCUT2D eigenvalue weighted by Gasteiger charge is -2.08. The van der Waals surface area contributed by atoms with Crippen molar-refractivity contribution in [2.45, 2.75) is 4.90 Å². The lowest BCUT2D eigenvalue weighted by Crippen LogP contribution is -1.95. The number of carbonyl (C=O) groups is 1. The summed E-state index contributed by atoms with van der Waals surface area (Å²) in [5, 5.41) is 0. The second kappa shape index (κ2) is 7.61. The molecule has 3 aromatic rings. The van der Waals surface area contributed by atoms with Gasteiger partial charge < -0.3 is 0 Å². The first kappa shape index (κ1) is 15.3. The summed E-state index contributed by atoms with van der Waals surface area (Å²) in [4.78, 5) is 14.6. The Hall–Kier alpha value is -2.58. The maximum absolute atomic E-state index is 12.5. The van der Waals surface area contributed by atoms with E-state index in [0.717, 1.165) is 15.4 Å². The second-order valence-corrected chi connectivity index (χ2v) is 6.14. The molecule has 0 N–H and O–H groups in total. The fraction of sp³-hybridized carbons (Fsp3) is 0. The zero-order valence-electron chi connectivity index (χ0n) is 12.6. The molecule has 3 aromatic carbocycles. The fourth-order valence-electron chi connectivity index (χ4n) is 2.19. The number of carbonyl (C=O) groups excluding carboxylic acids is 1. The molecule has 0 bridgehead atoms. The van der Waals surface area contributed by atoms with Crippen molar-refractivity contribution in [1.29, 1.82) is 0 Å². The average molecular weight is 316 g/mol. The van der Waals surface area contributed by atoms with Gasteiger partial charge in [0.15, 0.2) is 5.78 Å². The Morgan fingerprint density at radius 3 is 1.70 bits per heavy atom. The number of benzene rings is 3. The van der Waals surface area contributed by atoms with Crippen LogP contribution in [0.25, 0.3) is 4.91 Å². The molecule has 3 rings (SSSR count). The summed E-state index contributed by atoms with van der Waals surface area (Å²) in [6.07, 6.45) is 1.72. The molecular formula is C21H16OS. The summed E-state index contributed by atoms with van der Waals surface area (Å²) in [7, 11) is 0. The molecule has 0 fully saturated rings. The highest BCUT2D eigenvalue weighted by molar-refractivity contribution is 8.08. The van der Waals surface area contributed by atoms with Crippen LogP contribution in [-0.2, 0) is 0 Å². The van der Waals surface area contributed by atoms with E-state index in [4.69, 9.17) is 0 Å². The van der Waals surface area contributed by atoms with Gasteiger partial charge in [-0.25, -0.2) is 0 Å². The van der Waals surface area contributed by atoms with Gasteiger partial charge in [0.05, 0.1) is 0 Å². The van der Waals surface area contributed by atoms with E-state index >= 15 is 0 Å². The molecule has 0 spiro atoms. The second-order valence-electron chi connectivity index (χ2n) is 5.02. The quantitative estimate of drug-likeness (QED) is 0.341. The van der Waals surface area contributed by atoms with Crippen molar-refractivity contribution in [3.8, 4) is 0 Å². The zero-order valence-corrected chi connectivity index (χ0v) is 13.4. The van der Waals surface area contributed by atoms with Crippen LogP contribution in [0.15, 0.2) is 102 Å². The third kappa shape index (κ3) is 4.21. The molecule has 0 aliphatic rings. The number of ketones is 1. The van der Waals surface area contributed by atoms with Crippen molar-refractivity contribution in [2.24, 2.45) is 0 Å². The van der Waals surface area contributed by atoms with Gasteiger partial charge in [-0.1, -0.05) is 90.6 Å². The summed E-state index contributed by atoms with van der Waals surface area (Å²) in [5.41, 5.74) is 1.75. The Morgan fingerprint density at radius 1 is 0.652 bits per heavy atom. The van der Waals surface area contributed by atoms with Gasteiger partial charge in [-0.15, -0.1) is 0 Å². The van der Waals surface area contributed by atoms with Crippen molar-refractivity contribution in [3.05, 3.63) is 108 Å². The minimum Gasteiger partial charge on any atom is -0.289 e. The monoisotopic (exact) mass is 316 g/mol. The van der Waals surface area contributed by atoms with Crippen LogP contribution >= 0.6 is 11.8 Å². The third-order valence-corrected chi connectivity index (χ3v) is 4.43. The molecule has 1 nitrogen and oxygen atoms in total. The van der Waals surface area contributed by atoms with Crippen LogP contribution in [0.3, 0.4) is 0 Å². The summed E-state index contributed by atoms with van der Waals surface area (Å²) in [5.74, 6) is 0.0212. The van der Waals surface area contributed by atoms with Gasteiger partial charge in [-0.3, -0.25) is 4.79 Å². The van der Waals surface area contributed by atoms with Crippen LogP contribution in [0, 0.1) is 0 Å². The molecule has 0 heterocycles. The molecule has 0 aliphatic carbocycles. The molecule has 0 atom stereocenters. The maximum Gasteiger partial charge on any atom is 0.186 e. The molecule has 0 saturated heterocycles. The minimum atomic E-state index is 0.0212. The summed E-state index contributed by atoms with van der Waals surface area (Å²) < 4.78 is 0. The molecule has 0 amide bonds. The molecule has 0 aromatic heterocycles. The maximum atomic E-state index is 12.5. The Bertz CT molecular complexity index is 793. The van der Waals surface area contributed by atoms with Gasteiger partial charge >= 0.3 is 0 Å². The van der Waals surface area contributed by atoms with Crippen molar-refractivity contribution < 1.29 is 4.79 Å². The van der Waals surface area contributed by atoms with E-state index in [1.54, 1.807) is 17.8 Å². The van der Waals surface area contributed by atoms with Crippen LogP contribution in [0.2, 0.25) is 0 Å². The fourth-order valence-corrected chi connectivity index (χ4v) is 3.16. The number of hydrogen-bond donors (Lipinski definition) is 0. The van der Waals surface area contributed by atoms with E-state index in [1.807, 2.05) is 78.9 Å². The molecule has 0 radical (unpaired) electrons. The van der Waals surface area contributed by atoms with E-state index in [0.29, 0.717) is 5.56 Å². The Balaban J connectivity index is 1.95. The van der Waals surface area contributed by atoms with E-state index < -0.39 is 0 Å². The van der Waals surface area contributed by atoms with Crippen LogP contribution in [0.4, 0.5) is 0 Å². The summed E-state index contributed by atoms with van der Waals surface area (Å²) in [6.45, 7) is 0. The van der Waals surface area contributed by atoms with Gasteiger partial charge in [-0.2, -0.15) is 0 Å². The van der Waals surface area contributed by atoms with Gasteiger partial charge in [0.25, 0.3) is 0 Å². The molecule has 2 heteroatoms. The predicted octanol–water partition coefficient (Wildman–Crippen LogP) is 5.70. The lowest BCUT2D eigenvalue weighted by atomic mass is 10.1. The van der Waals surface area contributed by atoms with E-state index in [1.165, 1.54) is 0 Å². The molecule has 0 aliphatic heterocycles. The summed E-state index contributed by atoms with van der Waals surface area (Å²) in [6, 6.07) is 29.5. The molecule has 112 valence electrons. The normalized spacial score (nSPS) is 11.2. The van der Waals surface area contributed by atoms with Crippen LogP contribution in [0.1, 0.15) is 15.9 Å². The largest absolute Gasteiger partial charge is 0.289 e. The highest BCUT2D eigenvalue weighted by Gasteiger charge is 2.08. The van der Waals surface area contributed by atoms with Gasteiger partial charge in [-0.05, 0) is 17.7 Å². The zero-order chi connectivity index (χ0) is 15.9. The molecule has 23 heavy (non-hydrogen) atoms. The third-order valence-electron chi connectivity index (χ3n) is 3.35. The van der Waals surface area contributed by atoms with E-state index in [-0.39, 0.29) is 5.78 Å². The minimum absolute atomic E-state index is 0.0212. The number of rotatable bonds is 5. The van der Waals surface area contributed by atoms with E-state index in [2.05, 4.69) is 12.1 Å². The van der Waals surface area contributed by atoms with Crippen molar-refractivity contribution in [1.82, 2.24) is 0 Å². The number of allylic oxidation sites excluding steroid dienone is 1. The summed E-state index contributed by atoms with van der Waals surface area (Å²) >= 11 is 1.61. The lowest BCUT2D eigenvalue weighted by molar-refractivity contribution is 0.104. The first-order valence-corrected chi connectivity index (χ1v) is 8.24. The van der Waals surface area contributed by atoms with Crippen molar-refractivity contribution >= 4 is 22.5 Å². The smallest absolute Gasteiger partial charge is 0.186 e. The molecular weight excluding hydrogens is 300 g/mol. The van der Waals surface area contributed by atoms with Gasteiger partial charge in [0.1, 0.15) is 0 Å². The number of thioether (sulfide) groups is 1. The highest BCUT2D eigenvalue weighted by atomic mass is 32.2. The first-order valence-electron chi connectivity index (χ1n) is 7.42. The van der Waals surface area contributed by atoms with Crippen LogP contribution in [0.5, 0.6) is 0 Å². The predicted molar refractivity (Wildman–Crippen MR) is 97.5 cm³/mol. The molecule has 0 saturated carbocycles. The standard InChI is InChI=1S/C21H16OS/c22-20(17-10-4-1-5-11-17)16-21(18-12-6-2-7-13-18)23-19-14-8-3-9-15-19/h1-16H/b21-16+. The first-order chi connectivity index (χ1) is 11.3.